The number of anilines is 2. The number of amides is 1. The van der Waals surface area contributed by atoms with Crippen LogP contribution in [0.25, 0.3) is 0 Å². The number of nitrogens with one attached hydrogen (secondary N) is 1. The zero-order valence-electron chi connectivity index (χ0n) is 27.8. The zero-order valence-corrected chi connectivity index (χ0v) is 27.8. The van der Waals surface area contributed by atoms with Crippen LogP contribution in [0.15, 0.2) is 29.0 Å². The van der Waals surface area contributed by atoms with Crippen LogP contribution in [0.3, 0.4) is 0 Å². The van der Waals surface area contributed by atoms with Gasteiger partial charge in [0, 0.05) is 38.2 Å². The summed E-state index contributed by atoms with van der Waals surface area (Å²) in [6.45, 7) is 10.6. The first-order chi connectivity index (χ1) is 22.7. The molecule has 48 heavy (non-hydrogen) atoms. The van der Waals surface area contributed by atoms with Gasteiger partial charge in [-0.2, -0.15) is 4.98 Å². The number of ether oxygens (including phenoxy) is 2. The smallest absolute Gasteiger partial charge is 0.407 e. The van der Waals surface area contributed by atoms with Gasteiger partial charge in [-0.15, -0.1) is 0 Å². The van der Waals surface area contributed by atoms with Crippen LogP contribution in [0.5, 0.6) is 5.75 Å². The lowest BCUT2D eigenvalue weighted by atomic mass is 9.92. The molecule has 1 aromatic carbocycles. The average molecular weight is 674 g/mol. The van der Waals surface area contributed by atoms with E-state index in [-0.39, 0.29) is 36.6 Å². The normalized spacial score (nSPS) is 22.4. The molecule has 2 N–H and O–H groups in total. The molecule has 4 atom stereocenters. The van der Waals surface area contributed by atoms with E-state index in [1.165, 1.54) is 0 Å². The Morgan fingerprint density at radius 2 is 1.67 bits per heavy atom. The van der Waals surface area contributed by atoms with Crippen LogP contribution in [0.1, 0.15) is 77.6 Å². The number of benzene rings is 1. The lowest BCUT2D eigenvalue weighted by Gasteiger charge is -2.33. The number of hydrogen-bond acceptors (Lipinski definition) is 11. The van der Waals surface area contributed by atoms with Crippen molar-refractivity contribution in [3.8, 4) is 5.75 Å². The predicted octanol–water partition coefficient (Wildman–Crippen LogP) is 5.08. The van der Waals surface area contributed by atoms with Crippen molar-refractivity contribution in [3.05, 3.63) is 53.4 Å². The number of hydrogen-bond donors (Lipinski definition) is 2. The maximum absolute atomic E-state index is 14.9. The van der Waals surface area contributed by atoms with E-state index < -0.39 is 46.7 Å². The van der Waals surface area contributed by atoms with Crippen LogP contribution in [0.2, 0.25) is 0 Å². The third kappa shape index (κ3) is 7.45. The first-order valence-corrected chi connectivity index (χ1v) is 16.4. The van der Waals surface area contributed by atoms with Crippen molar-refractivity contribution in [2.75, 3.05) is 36.0 Å². The Hall–Kier alpha value is -4.14. The minimum Gasteiger partial charge on any atom is -0.487 e. The van der Waals surface area contributed by atoms with E-state index in [4.69, 9.17) is 14.0 Å². The second kappa shape index (κ2) is 13.1. The lowest BCUT2D eigenvalue weighted by Crippen LogP contribution is -2.43. The second-order valence-corrected chi connectivity index (χ2v) is 14.2. The molecule has 3 aliphatic rings. The molecule has 12 nitrogen and oxygen atoms in total. The standard InChI is InChI=1S/C33H42F3N7O5/c1-18(19-8-10-42(11-9-19)30-40-28(41-48-30)33(5,45)20-6-7-20)46-21-14-37-29(38-15-21)43-16-23(22-12-25(35)26(36)13-24(22)34)27(17-43)39-31(44)47-32(2,3)4/h12-15,18-20,23,27,45H,6-11,16-17H2,1-5H3,(H,39,44)/t18-,23+,27-,33?/m0/s1. The van der Waals surface area contributed by atoms with Gasteiger partial charge in [0.15, 0.2) is 17.4 Å². The topological polar surface area (TPSA) is 139 Å². The van der Waals surface area contributed by atoms with E-state index in [1.54, 1.807) is 45.0 Å². The monoisotopic (exact) mass is 673 g/mol. The summed E-state index contributed by atoms with van der Waals surface area (Å²) in [5.41, 5.74) is -1.91. The van der Waals surface area contributed by atoms with Gasteiger partial charge >= 0.3 is 12.1 Å². The fourth-order valence-corrected chi connectivity index (χ4v) is 6.49. The van der Waals surface area contributed by atoms with Crippen molar-refractivity contribution in [1.29, 1.82) is 0 Å². The minimum atomic E-state index is -1.29. The van der Waals surface area contributed by atoms with Gasteiger partial charge in [-0.3, -0.25) is 0 Å². The fraction of sp³-hybridized carbons (Fsp3) is 0.606. The Balaban J connectivity index is 1.06. The molecule has 2 aromatic heterocycles. The molecule has 1 unspecified atom stereocenters. The van der Waals surface area contributed by atoms with Gasteiger partial charge in [-0.05, 0) is 83.8 Å². The molecular formula is C33H42F3N7O5. The summed E-state index contributed by atoms with van der Waals surface area (Å²) in [5.74, 6) is -2.57. The van der Waals surface area contributed by atoms with E-state index in [0.29, 0.717) is 42.7 Å². The average Bonchev–Trinajstić information content (AvgIpc) is 3.64. The number of carbonyl (C=O) groups is 1. The number of rotatable bonds is 9. The Morgan fingerprint density at radius 1 is 1.00 bits per heavy atom. The van der Waals surface area contributed by atoms with Crippen molar-refractivity contribution in [2.24, 2.45) is 11.8 Å². The van der Waals surface area contributed by atoms with Gasteiger partial charge < -0.3 is 34.2 Å². The molecule has 6 rings (SSSR count). The number of halogens is 3. The molecule has 2 saturated heterocycles. The SMILES string of the molecule is C[C@H](Oc1cnc(N2C[C@H](NC(=O)OC(C)(C)C)[C@@H](c3cc(F)c(F)cc3F)C2)nc1)C1CCN(c2nc(C(C)(O)C3CC3)no2)CC1. The molecule has 2 aliphatic heterocycles. The molecule has 15 heteroatoms. The first-order valence-electron chi connectivity index (χ1n) is 16.4. The number of piperidine rings is 1. The third-order valence-corrected chi connectivity index (χ3v) is 9.39. The Morgan fingerprint density at radius 3 is 2.31 bits per heavy atom. The lowest BCUT2D eigenvalue weighted by molar-refractivity contribution is 0.0217. The summed E-state index contributed by atoms with van der Waals surface area (Å²) in [7, 11) is 0. The van der Waals surface area contributed by atoms with Crippen LogP contribution < -0.4 is 19.9 Å². The van der Waals surface area contributed by atoms with Crippen LogP contribution in [0.4, 0.5) is 29.9 Å². The van der Waals surface area contributed by atoms with Crippen molar-refractivity contribution in [3.63, 3.8) is 0 Å². The zero-order chi connectivity index (χ0) is 34.4. The summed E-state index contributed by atoms with van der Waals surface area (Å²) in [6, 6.07) is 1.05. The van der Waals surface area contributed by atoms with Gasteiger partial charge in [0.2, 0.25) is 11.8 Å². The molecule has 0 bridgehead atoms. The molecule has 3 aromatic rings. The van der Waals surface area contributed by atoms with Gasteiger partial charge in [-0.1, -0.05) is 5.16 Å². The molecule has 260 valence electrons. The van der Waals surface area contributed by atoms with E-state index in [2.05, 4.69) is 25.4 Å². The van der Waals surface area contributed by atoms with Crippen LogP contribution >= 0.6 is 0 Å². The third-order valence-electron chi connectivity index (χ3n) is 9.39. The van der Waals surface area contributed by atoms with Crippen molar-refractivity contribution in [1.82, 2.24) is 25.4 Å². The maximum atomic E-state index is 14.9. The molecule has 1 saturated carbocycles. The minimum absolute atomic E-state index is 0.0676. The summed E-state index contributed by atoms with van der Waals surface area (Å²) in [4.78, 5) is 29.8. The Labute approximate surface area is 277 Å². The van der Waals surface area contributed by atoms with Gasteiger partial charge in [0.05, 0.1) is 24.5 Å². The number of nitrogens with zero attached hydrogens (tertiary/aromatic N) is 6. The quantitative estimate of drug-likeness (QED) is 0.294. The number of aromatic nitrogens is 4. The summed E-state index contributed by atoms with van der Waals surface area (Å²) in [6.07, 6.45) is 5.85. The Bertz CT molecular complexity index is 1600. The highest BCUT2D eigenvalue weighted by Gasteiger charge is 2.45. The number of carbonyl (C=O) groups excluding carboxylic acids is 1. The Kier molecular flexibility index (Phi) is 9.18. The number of aliphatic hydroxyl groups is 1. The summed E-state index contributed by atoms with van der Waals surface area (Å²) >= 11 is 0. The van der Waals surface area contributed by atoms with Crippen molar-refractivity contribution >= 4 is 18.1 Å². The molecule has 0 radical (unpaired) electrons. The molecule has 1 aliphatic carbocycles. The van der Waals surface area contributed by atoms with Crippen LogP contribution in [-0.2, 0) is 10.3 Å². The molecule has 1 amide bonds. The second-order valence-electron chi connectivity index (χ2n) is 14.2. The largest absolute Gasteiger partial charge is 0.487 e. The predicted molar refractivity (Wildman–Crippen MR) is 168 cm³/mol. The first kappa shape index (κ1) is 33.7. The summed E-state index contributed by atoms with van der Waals surface area (Å²) in [5, 5.41) is 17.5. The fourth-order valence-electron chi connectivity index (χ4n) is 6.49. The van der Waals surface area contributed by atoms with E-state index >= 15 is 0 Å². The van der Waals surface area contributed by atoms with Gasteiger partial charge in [-0.25, -0.2) is 27.9 Å². The number of alkyl carbamates (subject to hydrolysis) is 1. The van der Waals surface area contributed by atoms with Crippen molar-refractivity contribution in [2.45, 2.75) is 89.6 Å². The highest BCUT2D eigenvalue weighted by Crippen LogP contribution is 2.45. The molecular weight excluding hydrogens is 631 g/mol. The highest BCUT2D eigenvalue weighted by atomic mass is 19.2. The van der Waals surface area contributed by atoms with E-state index in [9.17, 15) is 23.1 Å². The van der Waals surface area contributed by atoms with Crippen LogP contribution in [-0.4, -0.2) is 75.2 Å². The molecule has 3 fully saturated rings. The van der Waals surface area contributed by atoms with Crippen LogP contribution in [0, 0.1) is 29.3 Å². The van der Waals surface area contributed by atoms with E-state index in [1.807, 2.05) is 11.8 Å². The summed E-state index contributed by atoms with van der Waals surface area (Å²) < 4.78 is 59.8. The molecule has 4 heterocycles. The van der Waals surface area contributed by atoms with Gasteiger partial charge in [0.1, 0.15) is 17.0 Å². The maximum Gasteiger partial charge on any atom is 0.407 e. The van der Waals surface area contributed by atoms with Gasteiger partial charge in [0.25, 0.3) is 0 Å². The molecule has 0 spiro atoms. The van der Waals surface area contributed by atoms with Crippen molar-refractivity contribution < 1.29 is 37.1 Å². The van der Waals surface area contributed by atoms with E-state index in [0.717, 1.165) is 31.7 Å². The highest BCUT2D eigenvalue weighted by molar-refractivity contribution is 5.68.